The lowest BCUT2D eigenvalue weighted by molar-refractivity contribution is -0.137. The molecule has 1 aromatic rings. The van der Waals surface area contributed by atoms with E-state index in [4.69, 9.17) is 10.6 Å². The second-order valence-corrected chi connectivity index (χ2v) is 5.05. The molecule has 0 aliphatic carbocycles. The minimum Gasteiger partial charge on any atom is -0.394 e. The Bertz CT molecular complexity index is 455. The number of hydrogen-bond acceptors (Lipinski definition) is 3. The van der Waals surface area contributed by atoms with Gasteiger partial charge in [0.25, 0.3) is 0 Å². The Morgan fingerprint density at radius 2 is 1.82 bits per heavy atom. The molecule has 6 heteroatoms. The van der Waals surface area contributed by atoms with Crippen LogP contribution < -0.4 is 5.73 Å². The summed E-state index contributed by atoms with van der Waals surface area (Å²) < 4.78 is 37.8. The van der Waals surface area contributed by atoms with Gasteiger partial charge < -0.3 is 10.6 Å². The molecular formula is C16H23F3N2O. The van der Waals surface area contributed by atoms with Crippen molar-refractivity contribution >= 4 is 5.71 Å². The van der Waals surface area contributed by atoms with Crippen LogP contribution in [0.4, 0.5) is 13.2 Å². The van der Waals surface area contributed by atoms with Gasteiger partial charge in [0.2, 0.25) is 0 Å². The Kier molecular flexibility index (Phi) is 7.95. The first-order chi connectivity index (χ1) is 10.5. The lowest BCUT2D eigenvalue weighted by Gasteiger charge is -2.10. The number of oxime groups is 1. The molecular weight excluding hydrogens is 293 g/mol. The van der Waals surface area contributed by atoms with Crippen LogP contribution in [0.15, 0.2) is 29.4 Å². The van der Waals surface area contributed by atoms with Gasteiger partial charge in [-0.2, -0.15) is 13.2 Å². The summed E-state index contributed by atoms with van der Waals surface area (Å²) in [5.41, 5.74) is 6.00. The van der Waals surface area contributed by atoms with Crippen molar-refractivity contribution in [1.82, 2.24) is 0 Å². The summed E-state index contributed by atoms with van der Waals surface area (Å²) in [6, 6.07) is 5.01. The van der Waals surface area contributed by atoms with Gasteiger partial charge in [0.15, 0.2) is 0 Å². The summed E-state index contributed by atoms with van der Waals surface area (Å²) in [5.74, 6) is 0. The van der Waals surface area contributed by atoms with Crippen molar-refractivity contribution in [2.24, 2.45) is 10.9 Å². The molecule has 0 unspecified atom stereocenters. The maximum absolute atomic E-state index is 12.6. The molecule has 3 nitrogen and oxygen atoms in total. The van der Waals surface area contributed by atoms with Gasteiger partial charge in [0.1, 0.15) is 6.61 Å². The van der Waals surface area contributed by atoms with E-state index in [0.29, 0.717) is 30.8 Å². The van der Waals surface area contributed by atoms with E-state index in [1.54, 1.807) is 0 Å². The van der Waals surface area contributed by atoms with Crippen LogP contribution in [0.3, 0.4) is 0 Å². The third kappa shape index (κ3) is 6.47. The number of rotatable bonds is 9. The van der Waals surface area contributed by atoms with Crippen molar-refractivity contribution in [2.75, 3.05) is 13.2 Å². The summed E-state index contributed by atoms with van der Waals surface area (Å²) in [4.78, 5) is 5.09. The maximum Gasteiger partial charge on any atom is 0.416 e. The second-order valence-electron chi connectivity index (χ2n) is 5.05. The standard InChI is InChI=1S/C16H23F3N2O/c1-2-3-4-5-6-15(21-22-12-11-20)13-7-9-14(10-8-13)16(17,18)19/h7-10H,2-6,11-12,20H2,1H3/b21-15-. The molecule has 22 heavy (non-hydrogen) atoms. The fourth-order valence-corrected chi connectivity index (χ4v) is 1.99. The Morgan fingerprint density at radius 3 is 2.36 bits per heavy atom. The molecule has 0 aliphatic heterocycles. The van der Waals surface area contributed by atoms with Crippen LogP contribution in [0.25, 0.3) is 0 Å². The lowest BCUT2D eigenvalue weighted by atomic mass is 10.0. The topological polar surface area (TPSA) is 47.6 Å². The Hall–Kier alpha value is -1.56. The van der Waals surface area contributed by atoms with E-state index in [2.05, 4.69) is 12.1 Å². The molecule has 0 bridgehead atoms. The molecule has 2 N–H and O–H groups in total. The van der Waals surface area contributed by atoms with E-state index in [9.17, 15) is 13.2 Å². The van der Waals surface area contributed by atoms with Crippen LogP contribution in [-0.2, 0) is 11.0 Å². The minimum atomic E-state index is -4.33. The first-order valence-corrected chi connectivity index (χ1v) is 7.55. The summed E-state index contributed by atoms with van der Waals surface area (Å²) in [6.07, 6.45) is 0.593. The fraction of sp³-hybridized carbons (Fsp3) is 0.562. The largest absolute Gasteiger partial charge is 0.416 e. The van der Waals surface area contributed by atoms with Gasteiger partial charge in [0.05, 0.1) is 11.3 Å². The zero-order chi connectivity index (χ0) is 16.4. The third-order valence-electron chi connectivity index (χ3n) is 3.20. The number of hydrogen-bond donors (Lipinski definition) is 1. The highest BCUT2D eigenvalue weighted by Gasteiger charge is 2.30. The first-order valence-electron chi connectivity index (χ1n) is 7.55. The smallest absolute Gasteiger partial charge is 0.394 e. The first kappa shape index (κ1) is 18.5. The number of halogens is 3. The average molecular weight is 316 g/mol. The van der Waals surface area contributed by atoms with Crippen molar-refractivity contribution in [1.29, 1.82) is 0 Å². The number of nitrogens with zero attached hydrogens (tertiary/aromatic N) is 1. The molecule has 1 rings (SSSR count). The van der Waals surface area contributed by atoms with E-state index < -0.39 is 11.7 Å². The van der Waals surface area contributed by atoms with Gasteiger partial charge in [-0.15, -0.1) is 0 Å². The minimum absolute atomic E-state index is 0.291. The van der Waals surface area contributed by atoms with Crippen molar-refractivity contribution in [3.63, 3.8) is 0 Å². The molecule has 0 aromatic heterocycles. The van der Waals surface area contributed by atoms with Crippen LogP contribution in [0, 0.1) is 0 Å². The van der Waals surface area contributed by atoms with Gasteiger partial charge in [-0.25, -0.2) is 0 Å². The maximum atomic E-state index is 12.6. The molecule has 0 saturated heterocycles. The van der Waals surface area contributed by atoms with Crippen LogP contribution >= 0.6 is 0 Å². The summed E-state index contributed by atoms with van der Waals surface area (Å²) in [7, 11) is 0. The zero-order valence-electron chi connectivity index (χ0n) is 12.8. The summed E-state index contributed by atoms with van der Waals surface area (Å²) >= 11 is 0. The molecule has 0 spiro atoms. The van der Waals surface area contributed by atoms with E-state index in [1.807, 2.05) is 0 Å². The van der Waals surface area contributed by atoms with E-state index in [0.717, 1.165) is 37.8 Å². The number of nitrogens with two attached hydrogens (primary N) is 1. The summed E-state index contributed by atoms with van der Waals surface area (Å²) in [5, 5.41) is 4.03. The molecule has 0 fully saturated rings. The van der Waals surface area contributed by atoms with Gasteiger partial charge in [-0.05, 0) is 30.5 Å². The van der Waals surface area contributed by atoms with E-state index >= 15 is 0 Å². The molecule has 0 atom stereocenters. The molecule has 1 aromatic carbocycles. The highest BCUT2D eigenvalue weighted by molar-refractivity contribution is 6.00. The van der Waals surface area contributed by atoms with Crippen LogP contribution in [0.5, 0.6) is 0 Å². The van der Waals surface area contributed by atoms with Crippen LogP contribution in [0.1, 0.15) is 50.2 Å². The number of unbranched alkanes of at least 4 members (excludes halogenated alkanes) is 3. The Balaban J connectivity index is 2.78. The average Bonchev–Trinajstić information content (AvgIpc) is 2.49. The normalized spacial score (nSPS) is 12.5. The van der Waals surface area contributed by atoms with Gasteiger partial charge in [0, 0.05) is 6.54 Å². The van der Waals surface area contributed by atoms with Crippen LogP contribution in [-0.4, -0.2) is 18.9 Å². The van der Waals surface area contributed by atoms with Gasteiger partial charge in [-0.3, -0.25) is 0 Å². The molecule has 0 saturated carbocycles. The highest BCUT2D eigenvalue weighted by atomic mass is 19.4. The fourth-order valence-electron chi connectivity index (χ4n) is 1.99. The highest BCUT2D eigenvalue weighted by Crippen LogP contribution is 2.29. The Morgan fingerprint density at radius 1 is 1.14 bits per heavy atom. The van der Waals surface area contributed by atoms with E-state index in [1.165, 1.54) is 12.1 Å². The van der Waals surface area contributed by atoms with Crippen molar-refractivity contribution in [2.45, 2.75) is 45.2 Å². The molecule has 0 amide bonds. The van der Waals surface area contributed by atoms with Crippen LogP contribution in [0.2, 0.25) is 0 Å². The van der Waals surface area contributed by atoms with Gasteiger partial charge >= 0.3 is 6.18 Å². The quantitative estimate of drug-likeness (QED) is 0.418. The monoisotopic (exact) mass is 316 g/mol. The lowest BCUT2D eigenvalue weighted by Crippen LogP contribution is -2.09. The van der Waals surface area contributed by atoms with Crippen molar-refractivity contribution in [3.8, 4) is 0 Å². The number of benzene rings is 1. The Labute approximate surface area is 129 Å². The predicted octanol–water partition coefficient (Wildman–Crippen LogP) is 4.36. The van der Waals surface area contributed by atoms with Crippen molar-refractivity contribution < 1.29 is 18.0 Å². The SMILES string of the molecule is CCCCCC/C(=N/OCCN)c1ccc(C(F)(F)F)cc1. The zero-order valence-corrected chi connectivity index (χ0v) is 12.8. The van der Waals surface area contributed by atoms with E-state index in [-0.39, 0.29) is 0 Å². The third-order valence-corrected chi connectivity index (χ3v) is 3.20. The summed E-state index contributed by atoms with van der Waals surface area (Å²) in [6.45, 7) is 2.76. The van der Waals surface area contributed by atoms with Gasteiger partial charge in [-0.1, -0.05) is 43.5 Å². The number of alkyl halides is 3. The molecule has 124 valence electrons. The molecule has 0 aliphatic rings. The predicted molar refractivity (Wildman–Crippen MR) is 81.7 cm³/mol. The van der Waals surface area contributed by atoms with Crippen molar-refractivity contribution in [3.05, 3.63) is 35.4 Å². The second kappa shape index (κ2) is 9.46. The molecule has 0 heterocycles. The molecule has 0 radical (unpaired) electrons.